The fourth-order valence-electron chi connectivity index (χ4n) is 2.71. The van der Waals surface area contributed by atoms with E-state index in [0.29, 0.717) is 22.9 Å². The number of thioether (sulfide) groups is 1. The van der Waals surface area contributed by atoms with Crippen molar-refractivity contribution in [2.75, 3.05) is 20.8 Å². The third-order valence-corrected chi connectivity index (χ3v) is 7.15. The number of hydrogen-bond donors (Lipinski definition) is 0. The summed E-state index contributed by atoms with van der Waals surface area (Å²) in [4.78, 5) is 14.6. The van der Waals surface area contributed by atoms with E-state index < -0.39 is 10.0 Å². The molecule has 1 fully saturated rings. The van der Waals surface area contributed by atoms with E-state index in [1.54, 1.807) is 50.4 Å². The van der Waals surface area contributed by atoms with Gasteiger partial charge in [-0.1, -0.05) is 22.0 Å². The molecule has 1 aliphatic heterocycles. The predicted octanol–water partition coefficient (Wildman–Crippen LogP) is 4.15. The van der Waals surface area contributed by atoms with E-state index in [-0.39, 0.29) is 16.0 Å². The van der Waals surface area contributed by atoms with Gasteiger partial charge in [0.25, 0.3) is 15.9 Å². The Balaban J connectivity index is 1.96. The molecule has 0 N–H and O–H groups in total. The molecular formula is C20H19BrN2O5S2. The van der Waals surface area contributed by atoms with Gasteiger partial charge in [-0.25, -0.2) is 0 Å². The maximum atomic E-state index is 12.8. The van der Waals surface area contributed by atoms with Gasteiger partial charge in [-0.3, -0.25) is 9.69 Å². The monoisotopic (exact) mass is 510 g/mol. The van der Waals surface area contributed by atoms with Gasteiger partial charge in [0.1, 0.15) is 0 Å². The highest BCUT2D eigenvalue weighted by molar-refractivity contribution is 9.10. The van der Waals surface area contributed by atoms with E-state index in [1.165, 1.54) is 24.1 Å². The van der Waals surface area contributed by atoms with Gasteiger partial charge in [-0.2, -0.15) is 8.42 Å². The molecule has 0 aromatic heterocycles. The Morgan fingerprint density at radius 3 is 2.37 bits per heavy atom. The fraction of sp³-hybridized carbons (Fsp3) is 0.200. The summed E-state index contributed by atoms with van der Waals surface area (Å²) >= 11 is 4.30. The fourth-order valence-corrected chi connectivity index (χ4v) is 5.22. The zero-order valence-electron chi connectivity index (χ0n) is 16.5. The van der Waals surface area contributed by atoms with Crippen molar-refractivity contribution >= 4 is 54.9 Å². The average molecular weight is 511 g/mol. The van der Waals surface area contributed by atoms with E-state index in [4.69, 9.17) is 9.47 Å². The Kier molecular flexibility index (Phi) is 6.89. The summed E-state index contributed by atoms with van der Waals surface area (Å²) in [7, 11) is -0.884. The molecule has 7 nitrogen and oxygen atoms in total. The molecule has 1 amide bonds. The molecule has 158 valence electrons. The Bertz CT molecular complexity index is 1130. The van der Waals surface area contributed by atoms with Crippen LogP contribution in [0.3, 0.4) is 0 Å². The number of halogens is 1. The summed E-state index contributed by atoms with van der Waals surface area (Å²) in [5.41, 5.74) is 0.719. The normalized spacial score (nSPS) is 17.1. The highest BCUT2D eigenvalue weighted by Crippen LogP contribution is 2.35. The number of methoxy groups -OCH3 is 2. The van der Waals surface area contributed by atoms with Gasteiger partial charge in [-0.05, 0) is 66.7 Å². The second kappa shape index (κ2) is 9.23. The van der Waals surface area contributed by atoms with Crippen molar-refractivity contribution in [1.82, 2.24) is 4.90 Å². The number of benzene rings is 2. The smallest absolute Gasteiger partial charge is 0.284 e. The predicted molar refractivity (Wildman–Crippen MR) is 121 cm³/mol. The maximum absolute atomic E-state index is 12.8. The molecule has 0 saturated carbocycles. The largest absolute Gasteiger partial charge is 0.493 e. The van der Waals surface area contributed by atoms with Crippen LogP contribution in [0.1, 0.15) is 12.5 Å². The van der Waals surface area contributed by atoms with Gasteiger partial charge in [0.05, 0.1) is 24.0 Å². The van der Waals surface area contributed by atoms with E-state index in [0.717, 1.165) is 21.8 Å². The van der Waals surface area contributed by atoms with Crippen LogP contribution in [0.2, 0.25) is 0 Å². The average Bonchev–Trinajstić information content (AvgIpc) is 3.01. The molecule has 0 radical (unpaired) electrons. The Morgan fingerprint density at radius 1 is 1.10 bits per heavy atom. The molecule has 1 saturated heterocycles. The van der Waals surface area contributed by atoms with Crippen LogP contribution in [0.15, 0.2) is 61.1 Å². The molecule has 0 aliphatic carbocycles. The first-order valence-electron chi connectivity index (χ1n) is 8.83. The number of carbonyl (C=O) groups excluding carboxylic acids is 1. The number of amides is 1. The minimum Gasteiger partial charge on any atom is -0.493 e. The van der Waals surface area contributed by atoms with E-state index in [2.05, 4.69) is 20.3 Å². The number of carbonyl (C=O) groups is 1. The van der Waals surface area contributed by atoms with Crippen LogP contribution in [0, 0.1) is 0 Å². The van der Waals surface area contributed by atoms with Crippen molar-refractivity contribution in [3.8, 4) is 11.5 Å². The Labute approximate surface area is 188 Å². The zero-order valence-corrected chi connectivity index (χ0v) is 19.7. The van der Waals surface area contributed by atoms with E-state index in [1.807, 2.05) is 0 Å². The lowest BCUT2D eigenvalue weighted by Gasteiger charge is -2.12. The summed E-state index contributed by atoms with van der Waals surface area (Å²) < 4.78 is 40.6. The molecule has 0 spiro atoms. The maximum Gasteiger partial charge on any atom is 0.284 e. The van der Waals surface area contributed by atoms with E-state index in [9.17, 15) is 13.2 Å². The van der Waals surface area contributed by atoms with Crippen LogP contribution in [-0.2, 0) is 14.8 Å². The first-order valence-corrected chi connectivity index (χ1v) is 11.9. The van der Waals surface area contributed by atoms with Gasteiger partial charge >= 0.3 is 0 Å². The minimum absolute atomic E-state index is 0.0552. The van der Waals surface area contributed by atoms with Gasteiger partial charge < -0.3 is 9.47 Å². The third kappa shape index (κ3) is 4.71. The second-order valence-corrected chi connectivity index (χ2v) is 9.61. The van der Waals surface area contributed by atoms with Crippen LogP contribution in [-0.4, -0.2) is 45.2 Å². The zero-order chi connectivity index (χ0) is 21.9. The molecule has 3 rings (SSSR count). The number of nitrogens with zero attached hydrogens (tertiary/aromatic N) is 2. The lowest BCUT2D eigenvalue weighted by Crippen LogP contribution is -2.29. The number of hydrogen-bond acceptors (Lipinski definition) is 6. The summed E-state index contributed by atoms with van der Waals surface area (Å²) in [6, 6.07) is 11.4. The third-order valence-electron chi connectivity index (χ3n) is 4.22. The summed E-state index contributed by atoms with van der Waals surface area (Å²) in [5.74, 6) is 0.798. The van der Waals surface area contributed by atoms with Gasteiger partial charge in [-0.15, -0.1) is 4.40 Å². The standard InChI is InChI=1S/C20H19BrN2O5S2/c1-4-23-19(24)18(12-13-5-10-16(27-2)17(11-13)28-3)29-20(23)22-30(25,26)15-8-6-14(21)7-9-15/h5-12H,4H2,1-3H3/b18-12-,22-20+. The number of ether oxygens (including phenoxy) is 2. The number of rotatable bonds is 6. The summed E-state index contributed by atoms with van der Waals surface area (Å²) in [5, 5.41) is 0.122. The topological polar surface area (TPSA) is 85.3 Å². The molecule has 1 aliphatic rings. The highest BCUT2D eigenvalue weighted by Gasteiger charge is 2.34. The van der Waals surface area contributed by atoms with Crippen molar-refractivity contribution in [2.45, 2.75) is 11.8 Å². The lowest BCUT2D eigenvalue weighted by atomic mass is 10.2. The van der Waals surface area contributed by atoms with Crippen LogP contribution in [0.4, 0.5) is 0 Å². The van der Waals surface area contributed by atoms with Gasteiger partial charge in [0.15, 0.2) is 16.7 Å². The van der Waals surface area contributed by atoms with Crippen LogP contribution in [0.5, 0.6) is 11.5 Å². The molecule has 10 heteroatoms. The first kappa shape index (κ1) is 22.4. The number of sulfonamides is 1. The molecule has 30 heavy (non-hydrogen) atoms. The Hall–Kier alpha value is -2.30. The second-order valence-electron chi connectivity index (χ2n) is 6.08. The molecule has 0 bridgehead atoms. The van der Waals surface area contributed by atoms with Crippen molar-refractivity contribution < 1.29 is 22.7 Å². The first-order chi connectivity index (χ1) is 14.3. The molecule has 0 unspecified atom stereocenters. The SMILES string of the molecule is CCN1C(=O)/C(=C/c2ccc(OC)c(OC)c2)S/C1=N/S(=O)(=O)c1ccc(Br)cc1. The molecule has 1 heterocycles. The van der Waals surface area contributed by atoms with Crippen molar-refractivity contribution in [1.29, 1.82) is 0 Å². The summed E-state index contributed by atoms with van der Waals surface area (Å²) in [6.45, 7) is 2.06. The van der Waals surface area contributed by atoms with E-state index >= 15 is 0 Å². The van der Waals surface area contributed by atoms with Crippen LogP contribution >= 0.6 is 27.7 Å². The quantitative estimate of drug-likeness (QED) is 0.542. The number of amidine groups is 1. The van der Waals surface area contributed by atoms with Gasteiger partial charge in [0, 0.05) is 11.0 Å². The van der Waals surface area contributed by atoms with Crippen molar-refractivity contribution in [3.05, 3.63) is 57.4 Å². The summed E-state index contributed by atoms with van der Waals surface area (Å²) in [6.07, 6.45) is 1.67. The molecule has 2 aromatic rings. The van der Waals surface area contributed by atoms with Crippen molar-refractivity contribution in [2.24, 2.45) is 4.40 Å². The van der Waals surface area contributed by atoms with Crippen molar-refractivity contribution in [3.63, 3.8) is 0 Å². The highest BCUT2D eigenvalue weighted by atomic mass is 79.9. The Morgan fingerprint density at radius 2 is 1.77 bits per heavy atom. The molecular weight excluding hydrogens is 492 g/mol. The van der Waals surface area contributed by atoms with Crippen LogP contribution < -0.4 is 9.47 Å². The van der Waals surface area contributed by atoms with Crippen LogP contribution in [0.25, 0.3) is 6.08 Å². The minimum atomic E-state index is -3.95. The number of likely N-dealkylation sites (N-methyl/N-ethyl adjacent to an activating group) is 1. The van der Waals surface area contributed by atoms with Gasteiger partial charge in [0.2, 0.25) is 0 Å². The lowest BCUT2D eigenvalue weighted by molar-refractivity contribution is -0.122. The molecule has 2 aromatic carbocycles. The molecule has 0 atom stereocenters.